The molecule has 0 saturated carbocycles. The van der Waals surface area contributed by atoms with Gasteiger partial charge in [-0.1, -0.05) is 17.3 Å². The first-order valence-corrected chi connectivity index (χ1v) is 7.03. The summed E-state index contributed by atoms with van der Waals surface area (Å²) in [6.07, 6.45) is 0. The molecule has 8 nitrogen and oxygen atoms in total. The number of nitrogens with zero attached hydrogens (tertiary/aromatic N) is 3. The number of tetrazole rings is 1. The molecule has 0 aliphatic heterocycles. The van der Waals surface area contributed by atoms with E-state index in [1.165, 1.54) is 6.07 Å². The molecule has 0 aliphatic rings. The zero-order valence-corrected chi connectivity index (χ0v) is 11.1. The molecule has 0 bridgehead atoms. The van der Waals surface area contributed by atoms with Gasteiger partial charge in [-0.2, -0.15) is 5.21 Å². The van der Waals surface area contributed by atoms with E-state index in [1.807, 2.05) is 0 Å². The van der Waals surface area contributed by atoms with Crippen molar-refractivity contribution < 1.29 is 8.42 Å². The quantitative estimate of drug-likeness (QED) is 0.675. The number of H-pyrrole nitrogens is 1. The molecule has 0 aliphatic carbocycles. The fraction of sp³-hybridized carbons (Fsp3) is 0.300. The summed E-state index contributed by atoms with van der Waals surface area (Å²) in [4.78, 5) is 0.207. The van der Waals surface area contributed by atoms with Crippen LogP contribution in [0.5, 0.6) is 0 Å². The van der Waals surface area contributed by atoms with E-state index < -0.39 is 10.0 Å². The summed E-state index contributed by atoms with van der Waals surface area (Å²) in [6, 6.07) is 5.00. The van der Waals surface area contributed by atoms with Crippen molar-refractivity contribution in [1.82, 2.24) is 25.3 Å². The largest absolute Gasteiger partial charge is 0.326 e. The third kappa shape index (κ3) is 2.95. The van der Waals surface area contributed by atoms with E-state index in [-0.39, 0.29) is 17.3 Å². The second-order valence-electron chi connectivity index (χ2n) is 3.90. The van der Waals surface area contributed by atoms with Crippen molar-refractivity contribution in [2.45, 2.75) is 24.9 Å². The van der Waals surface area contributed by atoms with Crippen LogP contribution >= 0.6 is 0 Å². The predicted molar refractivity (Wildman–Crippen MR) is 67.3 cm³/mol. The highest BCUT2D eigenvalue weighted by Gasteiger charge is 2.18. The summed E-state index contributed by atoms with van der Waals surface area (Å²) >= 11 is 0. The van der Waals surface area contributed by atoms with Gasteiger partial charge < -0.3 is 5.73 Å². The molecule has 2 aromatic rings. The van der Waals surface area contributed by atoms with Crippen LogP contribution in [0.25, 0.3) is 0 Å². The van der Waals surface area contributed by atoms with Gasteiger partial charge in [-0.15, -0.1) is 10.2 Å². The van der Waals surface area contributed by atoms with Crippen molar-refractivity contribution in [3.63, 3.8) is 0 Å². The third-order valence-electron chi connectivity index (χ3n) is 2.72. The summed E-state index contributed by atoms with van der Waals surface area (Å²) in [6.45, 7) is 2.00. The van der Waals surface area contributed by atoms with Crippen molar-refractivity contribution in [3.05, 3.63) is 35.2 Å². The Bertz CT molecular complexity index is 653. The van der Waals surface area contributed by atoms with Gasteiger partial charge in [-0.3, -0.25) is 0 Å². The molecule has 0 spiro atoms. The molecular formula is C10H14N6O2S. The summed E-state index contributed by atoms with van der Waals surface area (Å²) in [5.74, 6) is 0.274. The molecule has 1 aromatic carbocycles. The van der Waals surface area contributed by atoms with Gasteiger partial charge in [-0.25, -0.2) is 13.1 Å². The maximum absolute atomic E-state index is 12.2. The molecule has 0 fully saturated rings. The maximum Gasteiger partial charge on any atom is 0.241 e. The number of aromatic amines is 1. The fourth-order valence-electron chi connectivity index (χ4n) is 1.67. The first kappa shape index (κ1) is 13.6. The van der Waals surface area contributed by atoms with E-state index in [2.05, 4.69) is 25.3 Å². The van der Waals surface area contributed by atoms with Crippen LogP contribution in [0.4, 0.5) is 0 Å². The van der Waals surface area contributed by atoms with Crippen molar-refractivity contribution >= 4 is 10.0 Å². The van der Waals surface area contributed by atoms with E-state index in [9.17, 15) is 8.42 Å². The molecule has 0 saturated heterocycles. The lowest BCUT2D eigenvalue weighted by molar-refractivity contribution is 0.578. The number of nitrogens with one attached hydrogen (secondary N) is 2. The third-order valence-corrected chi connectivity index (χ3v) is 4.26. The lowest BCUT2D eigenvalue weighted by Gasteiger charge is -2.10. The molecular weight excluding hydrogens is 268 g/mol. The molecule has 1 heterocycles. The minimum absolute atomic E-state index is 0.0227. The second kappa shape index (κ2) is 5.43. The fourth-order valence-corrected chi connectivity index (χ4v) is 2.93. The number of aromatic nitrogens is 4. The number of hydrogen-bond donors (Lipinski definition) is 3. The van der Waals surface area contributed by atoms with E-state index in [0.717, 1.165) is 5.56 Å². The molecule has 1 aromatic heterocycles. The SMILES string of the molecule is Cc1c(CN)cccc1S(=O)(=O)NCc1nn[nH]n1. The minimum atomic E-state index is -3.63. The zero-order valence-electron chi connectivity index (χ0n) is 10.3. The number of benzene rings is 1. The van der Waals surface area contributed by atoms with Gasteiger partial charge in [0, 0.05) is 6.54 Å². The Morgan fingerprint density at radius 3 is 2.84 bits per heavy atom. The van der Waals surface area contributed by atoms with Crippen molar-refractivity contribution in [1.29, 1.82) is 0 Å². The Kier molecular flexibility index (Phi) is 3.88. The van der Waals surface area contributed by atoms with Gasteiger partial charge in [0.2, 0.25) is 10.0 Å². The molecule has 102 valence electrons. The molecule has 0 amide bonds. The number of rotatable bonds is 5. The van der Waals surface area contributed by atoms with Crippen LogP contribution in [0.3, 0.4) is 0 Å². The standard InChI is InChI=1S/C10H14N6O2S/c1-7-8(5-11)3-2-4-9(7)19(17,18)12-6-10-13-15-16-14-10/h2-4,12H,5-6,11H2,1H3,(H,13,14,15,16). The normalized spacial score (nSPS) is 11.7. The van der Waals surface area contributed by atoms with Crippen molar-refractivity contribution in [2.24, 2.45) is 5.73 Å². The Balaban J connectivity index is 2.24. The molecule has 0 radical (unpaired) electrons. The van der Waals surface area contributed by atoms with E-state index in [1.54, 1.807) is 19.1 Å². The average molecular weight is 282 g/mol. The second-order valence-corrected chi connectivity index (χ2v) is 5.63. The van der Waals surface area contributed by atoms with Gasteiger partial charge in [-0.05, 0) is 24.1 Å². The number of nitrogens with two attached hydrogens (primary N) is 1. The Morgan fingerprint density at radius 2 is 2.21 bits per heavy atom. The van der Waals surface area contributed by atoms with Gasteiger partial charge >= 0.3 is 0 Å². The zero-order chi connectivity index (χ0) is 13.9. The highest BCUT2D eigenvalue weighted by Crippen LogP contribution is 2.18. The van der Waals surface area contributed by atoms with Crippen LogP contribution in [0, 0.1) is 6.92 Å². The molecule has 4 N–H and O–H groups in total. The van der Waals surface area contributed by atoms with Crippen LogP contribution in [0.15, 0.2) is 23.1 Å². The summed E-state index contributed by atoms with van der Waals surface area (Å²) < 4.78 is 26.8. The first-order chi connectivity index (χ1) is 9.04. The Hall–Kier alpha value is -1.84. The molecule has 19 heavy (non-hydrogen) atoms. The topological polar surface area (TPSA) is 127 Å². The predicted octanol–water partition coefficient (Wildman–Crippen LogP) is -0.555. The summed E-state index contributed by atoms with van der Waals surface area (Å²) in [5, 5.41) is 13.0. The van der Waals surface area contributed by atoms with Gasteiger partial charge in [0.05, 0.1) is 11.4 Å². The smallest absolute Gasteiger partial charge is 0.241 e. The Labute approximate surface area is 110 Å². The van der Waals surface area contributed by atoms with Gasteiger partial charge in [0.15, 0.2) is 5.82 Å². The molecule has 9 heteroatoms. The van der Waals surface area contributed by atoms with Crippen molar-refractivity contribution in [3.8, 4) is 0 Å². The van der Waals surface area contributed by atoms with Gasteiger partial charge in [0.25, 0.3) is 0 Å². The Morgan fingerprint density at radius 1 is 1.42 bits per heavy atom. The minimum Gasteiger partial charge on any atom is -0.326 e. The number of hydrogen-bond acceptors (Lipinski definition) is 6. The summed E-state index contributed by atoms with van der Waals surface area (Å²) in [5.41, 5.74) is 7.00. The van der Waals surface area contributed by atoms with E-state index in [4.69, 9.17) is 5.73 Å². The molecule has 0 unspecified atom stereocenters. The maximum atomic E-state index is 12.2. The molecule has 2 rings (SSSR count). The van der Waals surface area contributed by atoms with Crippen LogP contribution in [-0.2, 0) is 23.1 Å². The average Bonchev–Trinajstić information content (AvgIpc) is 2.90. The summed E-state index contributed by atoms with van der Waals surface area (Å²) in [7, 11) is -3.63. The van der Waals surface area contributed by atoms with E-state index in [0.29, 0.717) is 12.1 Å². The highest BCUT2D eigenvalue weighted by atomic mass is 32.2. The van der Waals surface area contributed by atoms with Crippen LogP contribution in [0.1, 0.15) is 17.0 Å². The van der Waals surface area contributed by atoms with Gasteiger partial charge in [0.1, 0.15) is 0 Å². The lowest BCUT2D eigenvalue weighted by Crippen LogP contribution is -2.25. The van der Waals surface area contributed by atoms with Crippen LogP contribution < -0.4 is 10.5 Å². The number of sulfonamides is 1. The van der Waals surface area contributed by atoms with Crippen molar-refractivity contribution in [2.75, 3.05) is 0 Å². The van der Waals surface area contributed by atoms with Crippen LogP contribution in [0.2, 0.25) is 0 Å². The lowest BCUT2D eigenvalue weighted by atomic mass is 10.1. The first-order valence-electron chi connectivity index (χ1n) is 5.55. The van der Waals surface area contributed by atoms with Crippen LogP contribution in [-0.4, -0.2) is 29.0 Å². The highest BCUT2D eigenvalue weighted by molar-refractivity contribution is 7.89. The molecule has 0 atom stereocenters. The monoisotopic (exact) mass is 282 g/mol. The van der Waals surface area contributed by atoms with E-state index >= 15 is 0 Å².